The van der Waals surface area contributed by atoms with Gasteiger partial charge in [0, 0.05) is 79.6 Å². The largest absolute Gasteiger partial charge is 0.369 e. The first-order valence-electron chi connectivity index (χ1n) is 15.9. The summed E-state index contributed by atoms with van der Waals surface area (Å²) in [5.41, 5.74) is 6.82. The van der Waals surface area contributed by atoms with E-state index in [0.717, 1.165) is 90.9 Å². The van der Waals surface area contributed by atoms with Crippen LogP contribution in [0, 0.1) is 26.7 Å². The fourth-order valence-electron chi connectivity index (χ4n) is 6.72. The molecule has 230 valence electrons. The molecule has 0 radical (unpaired) electrons. The first kappa shape index (κ1) is 30.8. The zero-order valence-electron chi connectivity index (χ0n) is 26.8. The number of amides is 1. The normalized spacial score (nSPS) is 19.3. The second-order valence-electron chi connectivity index (χ2n) is 12.7. The van der Waals surface area contributed by atoms with E-state index < -0.39 is 0 Å². The number of pyridine rings is 2. The molecule has 2 fully saturated rings. The van der Waals surface area contributed by atoms with Crippen LogP contribution in [0.5, 0.6) is 0 Å². The minimum Gasteiger partial charge on any atom is -0.369 e. The van der Waals surface area contributed by atoms with E-state index >= 15 is 0 Å². The Morgan fingerprint density at radius 3 is 2.37 bits per heavy atom. The molecule has 0 bridgehead atoms. The number of carbonyl (C=O) groups is 1. The smallest absolute Gasteiger partial charge is 0.253 e. The molecule has 1 aromatic carbocycles. The van der Waals surface area contributed by atoms with Crippen LogP contribution in [-0.4, -0.2) is 66.6 Å². The molecule has 2 aliphatic rings. The average Bonchev–Trinajstić information content (AvgIpc) is 2.99. The van der Waals surface area contributed by atoms with Gasteiger partial charge in [0.25, 0.3) is 11.5 Å². The second-order valence-corrected chi connectivity index (χ2v) is 12.7. The highest BCUT2D eigenvalue weighted by molar-refractivity contribution is 5.99. The molecule has 8 nitrogen and oxygen atoms in total. The van der Waals surface area contributed by atoms with Crippen LogP contribution in [0.2, 0.25) is 0 Å². The van der Waals surface area contributed by atoms with Crippen molar-refractivity contribution in [2.45, 2.75) is 72.9 Å². The number of aromatic amines is 1. The fraction of sp³-hybridized carbons (Fsp3) is 0.514. The van der Waals surface area contributed by atoms with Crippen LogP contribution in [0.25, 0.3) is 11.1 Å². The number of hydrogen-bond acceptors (Lipinski definition) is 6. The Hall–Kier alpha value is -3.65. The standard InChI is InChI=1S/C35H48N6O2/c1-7-41(29-11-8-23(2)9-12-29)32-20-28(27-10-13-33(36-21-27)40-16-14-39(6)15-17-40)19-30(26(32)5)34(42)37-22-31-24(3)18-25(4)38-35(31)43/h10,13,18-21,23,29H,7-9,11-12,14-17,22H2,1-6H3,(H,37,42)(H,38,43). The van der Waals surface area contributed by atoms with Gasteiger partial charge in [0.2, 0.25) is 0 Å². The zero-order valence-corrected chi connectivity index (χ0v) is 26.8. The number of piperazine rings is 1. The molecule has 2 aromatic heterocycles. The summed E-state index contributed by atoms with van der Waals surface area (Å²) in [4.78, 5) is 41.3. The lowest BCUT2D eigenvalue weighted by molar-refractivity contribution is 0.0950. The predicted octanol–water partition coefficient (Wildman–Crippen LogP) is 5.45. The number of carbonyl (C=O) groups excluding carboxylic acids is 1. The Morgan fingerprint density at radius 1 is 1.02 bits per heavy atom. The Kier molecular flexibility index (Phi) is 9.55. The van der Waals surface area contributed by atoms with Crippen LogP contribution in [-0.2, 0) is 6.54 Å². The summed E-state index contributed by atoms with van der Waals surface area (Å²) in [6.07, 6.45) is 6.73. The number of H-pyrrole nitrogens is 1. The highest BCUT2D eigenvalue weighted by Crippen LogP contribution is 2.36. The van der Waals surface area contributed by atoms with Crippen molar-refractivity contribution in [1.82, 2.24) is 20.2 Å². The van der Waals surface area contributed by atoms with Crippen LogP contribution in [0.4, 0.5) is 11.5 Å². The third-order valence-corrected chi connectivity index (χ3v) is 9.53. The lowest BCUT2D eigenvalue weighted by atomic mass is 9.86. The molecule has 1 saturated carbocycles. The molecule has 1 saturated heterocycles. The van der Waals surface area contributed by atoms with Gasteiger partial charge in [-0.2, -0.15) is 0 Å². The van der Waals surface area contributed by atoms with Crippen LogP contribution in [0.1, 0.15) is 72.3 Å². The molecule has 5 rings (SSSR count). The van der Waals surface area contributed by atoms with Gasteiger partial charge in [0.15, 0.2) is 0 Å². The van der Waals surface area contributed by atoms with Crippen LogP contribution in [0.15, 0.2) is 41.3 Å². The predicted molar refractivity (Wildman–Crippen MR) is 176 cm³/mol. The van der Waals surface area contributed by atoms with Gasteiger partial charge in [-0.1, -0.05) is 6.92 Å². The molecule has 1 aliphatic heterocycles. The highest BCUT2D eigenvalue weighted by atomic mass is 16.1. The third-order valence-electron chi connectivity index (χ3n) is 9.53. The Morgan fingerprint density at radius 2 is 1.74 bits per heavy atom. The molecule has 3 heterocycles. The number of rotatable bonds is 8. The number of likely N-dealkylation sites (N-methyl/N-ethyl adjacent to an activating group) is 1. The van der Waals surface area contributed by atoms with Gasteiger partial charge in [-0.25, -0.2) is 4.98 Å². The maximum atomic E-state index is 13.8. The molecule has 0 unspecified atom stereocenters. The number of anilines is 2. The Bertz CT molecular complexity index is 1480. The van der Waals surface area contributed by atoms with E-state index in [2.05, 4.69) is 71.0 Å². The van der Waals surface area contributed by atoms with Crippen LogP contribution >= 0.6 is 0 Å². The van der Waals surface area contributed by atoms with Crippen molar-refractivity contribution in [1.29, 1.82) is 0 Å². The summed E-state index contributed by atoms with van der Waals surface area (Å²) in [6, 6.07) is 10.9. The van der Waals surface area contributed by atoms with Crippen molar-refractivity contribution in [3.8, 4) is 11.1 Å². The van der Waals surface area contributed by atoms with Gasteiger partial charge in [0.1, 0.15) is 5.82 Å². The third kappa shape index (κ3) is 6.96. The molecule has 0 spiro atoms. The lowest BCUT2D eigenvalue weighted by Gasteiger charge is -2.38. The van der Waals surface area contributed by atoms with E-state index in [9.17, 15) is 9.59 Å². The summed E-state index contributed by atoms with van der Waals surface area (Å²) in [5, 5.41) is 3.06. The summed E-state index contributed by atoms with van der Waals surface area (Å²) in [5.74, 6) is 1.59. The maximum Gasteiger partial charge on any atom is 0.253 e. The van der Waals surface area contributed by atoms with E-state index in [1.165, 1.54) is 12.8 Å². The summed E-state index contributed by atoms with van der Waals surface area (Å²) in [6.45, 7) is 15.5. The van der Waals surface area contributed by atoms with Gasteiger partial charge >= 0.3 is 0 Å². The van der Waals surface area contributed by atoms with E-state index in [1.807, 2.05) is 32.2 Å². The number of aromatic nitrogens is 2. The molecule has 1 amide bonds. The summed E-state index contributed by atoms with van der Waals surface area (Å²) < 4.78 is 0. The van der Waals surface area contributed by atoms with Crippen molar-refractivity contribution < 1.29 is 4.79 Å². The maximum absolute atomic E-state index is 13.8. The SMILES string of the molecule is CCN(c1cc(-c2ccc(N3CCN(C)CC3)nc2)cc(C(=O)NCc2c(C)cc(C)[nH]c2=O)c1C)C1CCC(C)CC1. The van der Waals surface area contributed by atoms with Crippen LogP contribution in [0.3, 0.4) is 0 Å². The monoisotopic (exact) mass is 584 g/mol. The van der Waals surface area contributed by atoms with Gasteiger partial charge in [-0.05, 0) is 113 Å². The lowest BCUT2D eigenvalue weighted by Crippen LogP contribution is -2.44. The second kappa shape index (κ2) is 13.3. The van der Waals surface area contributed by atoms with Gasteiger partial charge in [-0.15, -0.1) is 0 Å². The molecule has 8 heteroatoms. The summed E-state index contributed by atoms with van der Waals surface area (Å²) in [7, 11) is 2.16. The van der Waals surface area contributed by atoms with Crippen LogP contribution < -0.4 is 20.7 Å². The van der Waals surface area contributed by atoms with Gasteiger partial charge in [0.05, 0.1) is 0 Å². The molecule has 2 N–H and O–H groups in total. The molecule has 0 atom stereocenters. The quantitative estimate of drug-likeness (QED) is 0.367. The molecular weight excluding hydrogens is 536 g/mol. The van der Waals surface area contributed by atoms with E-state index in [-0.39, 0.29) is 18.0 Å². The zero-order chi connectivity index (χ0) is 30.7. The minimum absolute atomic E-state index is 0.154. The van der Waals surface area contributed by atoms with Crippen molar-refractivity contribution in [3.05, 3.63) is 74.8 Å². The Balaban J connectivity index is 1.48. The summed E-state index contributed by atoms with van der Waals surface area (Å²) >= 11 is 0. The molecule has 1 aliphatic carbocycles. The fourth-order valence-corrected chi connectivity index (χ4v) is 6.72. The highest BCUT2D eigenvalue weighted by Gasteiger charge is 2.27. The van der Waals surface area contributed by atoms with E-state index in [1.54, 1.807) is 0 Å². The average molecular weight is 585 g/mol. The van der Waals surface area contributed by atoms with Gasteiger partial charge < -0.3 is 25.0 Å². The molecule has 43 heavy (non-hydrogen) atoms. The van der Waals surface area contributed by atoms with Gasteiger partial charge in [-0.3, -0.25) is 9.59 Å². The topological polar surface area (TPSA) is 84.6 Å². The van der Waals surface area contributed by atoms with Crippen molar-refractivity contribution in [3.63, 3.8) is 0 Å². The van der Waals surface area contributed by atoms with E-state index in [0.29, 0.717) is 17.2 Å². The first-order chi connectivity index (χ1) is 20.6. The number of hydrogen-bond donors (Lipinski definition) is 2. The van der Waals surface area contributed by atoms with E-state index in [4.69, 9.17) is 4.98 Å². The number of benzene rings is 1. The minimum atomic E-state index is -0.171. The first-order valence-corrected chi connectivity index (χ1v) is 15.9. The number of nitrogens with one attached hydrogen (secondary N) is 2. The molecule has 3 aromatic rings. The molecular formula is C35H48N6O2. The van der Waals surface area contributed by atoms with Crippen molar-refractivity contribution in [2.24, 2.45) is 5.92 Å². The number of aryl methyl sites for hydroxylation is 2. The van der Waals surface area contributed by atoms with Crippen molar-refractivity contribution in [2.75, 3.05) is 49.6 Å². The van der Waals surface area contributed by atoms with Crippen molar-refractivity contribution >= 4 is 17.4 Å². The Labute approximate surface area is 256 Å². The number of nitrogens with zero attached hydrogens (tertiary/aromatic N) is 4.